The average molecular weight is 310 g/mol. The van der Waals surface area contributed by atoms with Crippen molar-refractivity contribution in [3.63, 3.8) is 0 Å². The van der Waals surface area contributed by atoms with Gasteiger partial charge in [-0.05, 0) is 19.1 Å². The Morgan fingerprint density at radius 1 is 1.09 bits per heavy atom. The number of rotatable bonds is 3. The lowest BCUT2D eigenvalue weighted by atomic mass is 9.99. The van der Waals surface area contributed by atoms with E-state index in [-0.39, 0.29) is 0 Å². The summed E-state index contributed by atoms with van der Waals surface area (Å²) in [6.45, 7) is 2.68. The van der Waals surface area contributed by atoms with Crippen LogP contribution >= 0.6 is 0 Å². The van der Waals surface area contributed by atoms with Crippen LogP contribution in [0.4, 0.5) is 0 Å². The Hall–Kier alpha value is -1.96. The maximum absolute atomic E-state index is 12.1. The third-order valence-electron chi connectivity index (χ3n) is 3.33. The van der Waals surface area contributed by atoms with Gasteiger partial charge in [-0.25, -0.2) is 4.79 Å². The second kappa shape index (κ2) is 6.87. The van der Waals surface area contributed by atoms with Crippen molar-refractivity contribution in [1.29, 1.82) is 0 Å². The van der Waals surface area contributed by atoms with Gasteiger partial charge in [-0.3, -0.25) is 4.79 Å². The summed E-state index contributed by atoms with van der Waals surface area (Å²) in [5.74, 6) is -1.33. The fraction of sp³-hybridized carbons (Fsp3) is 0.467. The van der Waals surface area contributed by atoms with E-state index in [1.165, 1.54) is 0 Å². The highest BCUT2D eigenvalue weighted by Crippen LogP contribution is 2.25. The summed E-state index contributed by atoms with van der Waals surface area (Å²) in [4.78, 5) is 23.1. The van der Waals surface area contributed by atoms with Crippen LogP contribution in [0.15, 0.2) is 30.3 Å². The Morgan fingerprint density at radius 3 is 2.32 bits per heavy atom. The van der Waals surface area contributed by atoms with Gasteiger partial charge in [-0.15, -0.1) is 0 Å². The quantitative estimate of drug-likeness (QED) is 0.771. The summed E-state index contributed by atoms with van der Waals surface area (Å²) in [6.07, 6.45) is -6.02. The van der Waals surface area contributed by atoms with Gasteiger partial charge in [-0.2, -0.15) is 0 Å². The fourth-order valence-corrected chi connectivity index (χ4v) is 2.26. The summed E-state index contributed by atoms with van der Waals surface area (Å²) in [7, 11) is 0. The zero-order valence-corrected chi connectivity index (χ0v) is 12.2. The first kappa shape index (κ1) is 16.4. The van der Waals surface area contributed by atoms with Crippen LogP contribution in [-0.2, 0) is 19.0 Å². The molecule has 7 nitrogen and oxygen atoms in total. The van der Waals surface area contributed by atoms with Crippen molar-refractivity contribution in [2.75, 3.05) is 0 Å². The molecule has 0 unspecified atom stereocenters. The van der Waals surface area contributed by atoms with Crippen LogP contribution in [0.5, 0.6) is 0 Å². The maximum atomic E-state index is 12.1. The second-order valence-electron chi connectivity index (χ2n) is 5.03. The third kappa shape index (κ3) is 3.62. The Bertz CT molecular complexity index is 530. The fourth-order valence-electron chi connectivity index (χ4n) is 2.26. The molecular formula is C15H18O7. The Labute approximate surface area is 127 Å². The van der Waals surface area contributed by atoms with Gasteiger partial charge < -0.3 is 24.4 Å². The van der Waals surface area contributed by atoms with Crippen molar-refractivity contribution in [2.45, 2.75) is 44.6 Å². The topological polar surface area (TPSA) is 102 Å². The van der Waals surface area contributed by atoms with Gasteiger partial charge in [0.2, 0.25) is 0 Å². The van der Waals surface area contributed by atoms with Gasteiger partial charge in [0.25, 0.3) is 0 Å². The zero-order chi connectivity index (χ0) is 16.3. The number of carbonyl (C=O) groups excluding carboxylic acids is 2. The molecule has 1 saturated heterocycles. The molecule has 0 aliphatic carbocycles. The average Bonchev–Trinajstić information content (AvgIpc) is 2.48. The van der Waals surface area contributed by atoms with Crippen LogP contribution in [0.2, 0.25) is 0 Å². The molecule has 5 atom stereocenters. The number of hydrogen-bond acceptors (Lipinski definition) is 7. The zero-order valence-electron chi connectivity index (χ0n) is 12.2. The van der Waals surface area contributed by atoms with Crippen LogP contribution in [0.1, 0.15) is 24.2 Å². The van der Waals surface area contributed by atoms with Crippen LogP contribution in [0, 0.1) is 0 Å². The van der Waals surface area contributed by atoms with Crippen molar-refractivity contribution in [2.24, 2.45) is 0 Å². The minimum absolute atomic E-state index is 0.317. The van der Waals surface area contributed by atoms with E-state index in [9.17, 15) is 19.8 Å². The van der Waals surface area contributed by atoms with E-state index in [1.807, 2.05) is 0 Å². The predicted octanol–water partition coefficient (Wildman–Crippen LogP) is 0.242. The summed E-state index contributed by atoms with van der Waals surface area (Å²) in [6, 6.07) is 8.26. The monoisotopic (exact) mass is 310 g/mol. The van der Waals surface area contributed by atoms with Gasteiger partial charge in [0, 0.05) is 6.92 Å². The Balaban J connectivity index is 2.11. The lowest BCUT2D eigenvalue weighted by Crippen LogP contribution is -2.59. The molecule has 1 aliphatic rings. The number of carbonyl (C=O) groups is 2. The van der Waals surface area contributed by atoms with Crippen LogP contribution in [0.3, 0.4) is 0 Å². The first-order valence-corrected chi connectivity index (χ1v) is 6.85. The van der Waals surface area contributed by atoms with E-state index >= 15 is 0 Å². The molecule has 2 rings (SSSR count). The van der Waals surface area contributed by atoms with E-state index in [0.29, 0.717) is 5.56 Å². The van der Waals surface area contributed by atoms with Crippen molar-refractivity contribution in [3.05, 3.63) is 35.9 Å². The summed E-state index contributed by atoms with van der Waals surface area (Å²) in [5.41, 5.74) is 0.317. The molecule has 2 N–H and O–H groups in total. The van der Waals surface area contributed by atoms with E-state index in [2.05, 4.69) is 0 Å². The lowest BCUT2D eigenvalue weighted by Gasteiger charge is -2.40. The second-order valence-corrected chi connectivity index (χ2v) is 5.03. The molecule has 7 heteroatoms. The molecule has 0 radical (unpaired) electrons. The van der Waals surface area contributed by atoms with E-state index in [4.69, 9.17) is 14.2 Å². The highest BCUT2D eigenvalue weighted by molar-refractivity contribution is 5.89. The normalized spacial score (nSPS) is 31.4. The summed E-state index contributed by atoms with van der Waals surface area (Å²) in [5, 5.41) is 19.9. The molecule has 1 aromatic carbocycles. The van der Waals surface area contributed by atoms with Crippen molar-refractivity contribution < 1.29 is 34.0 Å². The third-order valence-corrected chi connectivity index (χ3v) is 3.33. The van der Waals surface area contributed by atoms with E-state index < -0.39 is 42.6 Å². The lowest BCUT2D eigenvalue weighted by molar-refractivity contribution is -0.281. The van der Waals surface area contributed by atoms with Crippen molar-refractivity contribution >= 4 is 11.9 Å². The summed E-state index contributed by atoms with van der Waals surface area (Å²) >= 11 is 0. The number of aliphatic hydroxyl groups is 2. The van der Waals surface area contributed by atoms with E-state index in [1.54, 1.807) is 37.3 Å². The predicted molar refractivity (Wildman–Crippen MR) is 73.8 cm³/mol. The van der Waals surface area contributed by atoms with Crippen molar-refractivity contribution in [1.82, 2.24) is 0 Å². The molecule has 0 spiro atoms. The molecule has 1 aliphatic heterocycles. The van der Waals surface area contributed by atoms with Crippen LogP contribution in [-0.4, -0.2) is 52.9 Å². The highest BCUT2D eigenvalue weighted by Gasteiger charge is 2.47. The minimum atomic E-state index is -1.49. The molecule has 1 fully saturated rings. The van der Waals surface area contributed by atoms with Crippen molar-refractivity contribution in [3.8, 4) is 0 Å². The van der Waals surface area contributed by atoms with Gasteiger partial charge in [0.05, 0.1) is 11.7 Å². The molecule has 0 aromatic heterocycles. The SMILES string of the molecule is CC(=O)O[C@@H]1[C@H](O)[C@@H](OC(=O)c2ccccc2)[C@H](C)O[C@H]1O. The highest BCUT2D eigenvalue weighted by atomic mass is 16.7. The van der Waals surface area contributed by atoms with Crippen LogP contribution in [0.25, 0.3) is 0 Å². The smallest absolute Gasteiger partial charge is 0.338 e. The number of ether oxygens (including phenoxy) is 3. The molecule has 0 bridgehead atoms. The minimum Gasteiger partial charge on any atom is -0.454 e. The van der Waals surface area contributed by atoms with Gasteiger partial charge in [-0.1, -0.05) is 18.2 Å². The van der Waals surface area contributed by atoms with Gasteiger partial charge in [0.15, 0.2) is 18.5 Å². The molecule has 120 valence electrons. The number of aliphatic hydroxyl groups excluding tert-OH is 2. The standard InChI is InChI=1S/C15H18O7/c1-8-12(22-14(18)10-6-4-3-5-7-10)11(17)13(15(19)20-8)21-9(2)16/h3-8,11-13,15,17,19H,1-2H3/t8-,11+,12-,13+,15+/m0/s1. The van der Waals surface area contributed by atoms with Gasteiger partial charge >= 0.3 is 11.9 Å². The number of esters is 2. The maximum Gasteiger partial charge on any atom is 0.338 e. The first-order valence-electron chi connectivity index (χ1n) is 6.85. The molecule has 0 saturated carbocycles. The molecule has 1 heterocycles. The first-order chi connectivity index (χ1) is 10.4. The largest absolute Gasteiger partial charge is 0.454 e. The summed E-state index contributed by atoms with van der Waals surface area (Å²) < 4.78 is 15.2. The number of benzene rings is 1. The molecule has 1 aromatic rings. The van der Waals surface area contributed by atoms with E-state index in [0.717, 1.165) is 6.92 Å². The van der Waals surface area contributed by atoms with Gasteiger partial charge in [0.1, 0.15) is 6.10 Å². The molecular weight excluding hydrogens is 292 g/mol. The van der Waals surface area contributed by atoms with Crippen LogP contribution < -0.4 is 0 Å². The Morgan fingerprint density at radius 2 is 1.73 bits per heavy atom. The Kier molecular flexibility index (Phi) is 5.12. The molecule has 0 amide bonds. The number of hydrogen-bond donors (Lipinski definition) is 2. The molecule has 22 heavy (non-hydrogen) atoms.